The number of allylic oxidation sites excluding steroid dienone is 1. The van der Waals surface area contributed by atoms with Crippen LogP contribution in [-0.2, 0) is 15.9 Å². The highest BCUT2D eigenvalue weighted by Gasteiger charge is 2.21. The smallest absolute Gasteiger partial charge is 0.340 e. The molecule has 140 valence electrons. The predicted molar refractivity (Wildman–Crippen MR) is 96.1 cm³/mol. The summed E-state index contributed by atoms with van der Waals surface area (Å²) in [5.74, 6) is 0.400. The lowest BCUT2D eigenvalue weighted by molar-refractivity contribution is 0.112. The molecule has 0 saturated heterocycles. The molecular formula is C19H22O7. The van der Waals surface area contributed by atoms with E-state index in [0.717, 1.165) is 0 Å². The van der Waals surface area contributed by atoms with Crippen molar-refractivity contribution < 1.29 is 28.5 Å². The second-order valence-corrected chi connectivity index (χ2v) is 5.61. The van der Waals surface area contributed by atoms with Gasteiger partial charge >= 0.3 is 5.63 Å². The Balaban J connectivity index is 2.69. The van der Waals surface area contributed by atoms with Crippen LogP contribution in [0.5, 0.6) is 11.5 Å². The third-order valence-corrected chi connectivity index (χ3v) is 3.92. The molecule has 26 heavy (non-hydrogen) atoms. The maximum atomic E-state index is 12.4. The molecule has 0 bridgehead atoms. The Kier molecular flexibility index (Phi) is 6.41. The fourth-order valence-corrected chi connectivity index (χ4v) is 2.68. The number of fused-ring (bicyclic) bond motifs is 1. The molecule has 0 fully saturated rings. The summed E-state index contributed by atoms with van der Waals surface area (Å²) in [6, 6.07) is 1.33. The Bertz CT molecular complexity index is 880. The average molecular weight is 362 g/mol. The quantitative estimate of drug-likeness (QED) is 0.317. The van der Waals surface area contributed by atoms with Gasteiger partial charge in [0.25, 0.3) is 0 Å². The van der Waals surface area contributed by atoms with Crippen LogP contribution in [0.1, 0.15) is 28.4 Å². The van der Waals surface area contributed by atoms with Crippen LogP contribution in [0.15, 0.2) is 27.6 Å². The number of aromatic hydroxyl groups is 1. The van der Waals surface area contributed by atoms with Crippen LogP contribution >= 0.6 is 0 Å². The van der Waals surface area contributed by atoms with Crippen molar-refractivity contribution in [2.45, 2.75) is 20.3 Å². The fraction of sp³-hybridized carbons (Fsp3) is 0.368. The van der Waals surface area contributed by atoms with Crippen molar-refractivity contribution >= 4 is 17.3 Å². The molecule has 0 radical (unpaired) electrons. The lowest BCUT2D eigenvalue weighted by atomic mass is 10.00. The van der Waals surface area contributed by atoms with E-state index >= 15 is 0 Å². The topological polar surface area (TPSA) is 95.2 Å². The van der Waals surface area contributed by atoms with Gasteiger partial charge in [-0.05, 0) is 19.4 Å². The van der Waals surface area contributed by atoms with E-state index in [1.165, 1.54) is 13.2 Å². The van der Waals surface area contributed by atoms with Crippen LogP contribution in [0.4, 0.5) is 0 Å². The molecule has 1 heterocycles. The number of ether oxygens (including phenoxy) is 3. The van der Waals surface area contributed by atoms with Crippen LogP contribution in [0.2, 0.25) is 0 Å². The van der Waals surface area contributed by atoms with E-state index in [0.29, 0.717) is 47.5 Å². The van der Waals surface area contributed by atoms with E-state index in [4.69, 9.17) is 18.6 Å². The lowest BCUT2D eigenvalue weighted by Crippen LogP contribution is -2.14. The SMILES string of the molecule is C=C(Cc1c(C)c2c(OCCOC)cc(O)c(C=O)c2oc1=O)OCC. The summed E-state index contributed by atoms with van der Waals surface area (Å²) in [5.41, 5.74) is 0.199. The molecule has 0 atom stereocenters. The highest BCUT2D eigenvalue weighted by molar-refractivity contribution is 6.01. The number of methoxy groups -OCH3 is 1. The molecular weight excluding hydrogens is 340 g/mol. The zero-order chi connectivity index (χ0) is 19.3. The molecule has 0 aliphatic rings. The Labute approximate surface area is 150 Å². The summed E-state index contributed by atoms with van der Waals surface area (Å²) in [6.07, 6.45) is 0.616. The Morgan fingerprint density at radius 1 is 1.38 bits per heavy atom. The number of aryl methyl sites for hydroxylation is 1. The summed E-state index contributed by atoms with van der Waals surface area (Å²) in [7, 11) is 1.54. The average Bonchev–Trinajstić information content (AvgIpc) is 2.59. The van der Waals surface area contributed by atoms with Crippen molar-refractivity contribution in [1.82, 2.24) is 0 Å². The van der Waals surface area contributed by atoms with Crippen LogP contribution in [0.25, 0.3) is 11.0 Å². The van der Waals surface area contributed by atoms with Crippen molar-refractivity contribution in [3.05, 3.63) is 45.5 Å². The first kappa shape index (κ1) is 19.5. The van der Waals surface area contributed by atoms with Gasteiger partial charge in [0.1, 0.15) is 18.1 Å². The predicted octanol–water partition coefficient (Wildman–Crippen LogP) is 2.74. The number of aldehydes is 1. The monoisotopic (exact) mass is 362 g/mol. The highest BCUT2D eigenvalue weighted by atomic mass is 16.5. The standard InChI is InChI=1S/C19H22O7/c1-5-24-11(2)8-13-12(3)17-16(25-7-6-23-4)9-15(21)14(10-20)18(17)26-19(13)22/h9-10,21H,2,5-8H2,1,3-4H3. The van der Waals surface area contributed by atoms with Crippen molar-refractivity contribution in [3.8, 4) is 11.5 Å². The molecule has 0 aliphatic carbocycles. The van der Waals surface area contributed by atoms with Gasteiger partial charge in [-0.15, -0.1) is 0 Å². The molecule has 0 aliphatic heterocycles. The molecule has 1 aromatic heterocycles. The molecule has 0 saturated carbocycles. The van der Waals surface area contributed by atoms with Crippen LogP contribution < -0.4 is 10.4 Å². The first-order valence-electron chi connectivity index (χ1n) is 8.14. The van der Waals surface area contributed by atoms with Gasteiger partial charge in [0.15, 0.2) is 11.9 Å². The normalized spacial score (nSPS) is 10.7. The minimum atomic E-state index is -0.618. The number of carbonyl (C=O) groups is 1. The molecule has 0 amide bonds. The van der Waals surface area contributed by atoms with E-state index in [9.17, 15) is 14.7 Å². The molecule has 1 aromatic carbocycles. The number of rotatable bonds is 9. The Morgan fingerprint density at radius 3 is 2.73 bits per heavy atom. The Hall–Kier alpha value is -2.80. The third kappa shape index (κ3) is 3.88. The minimum absolute atomic E-state index is 0.0133. The van der Waals surface area contributed by atoms with E-state index in [1.807, 2.05) is 6.92 Å². The lowest BCUT2D eigenvalue weighted by Gasteiger charge is -2.15. The molecule has 2 aromatic rings. The largest absolute Gasteiger partial charge is 0.507 e. The van der Waals surface area contributed by atoms with E-state index in [-0.39, 0.29) is 29.9 Å². The first-order chi connectivity index (χ1) is 12.4. The summed E-state index contributed by atoms with van der Waals surface area (Å²) in [5, 5.41) is 10.5. The highest BCUT2D eigenvalue weighted by Crippen LogP contribution is 2.37. The molecule has 7 nitrogen and oxygen atoms in total. The molecule has 0 spiro atoms. The van der Waals surface area contributed by atoms with Crippen molar-refractivity contribution in [2.75, 3.05) is 26.9 Å². The zero-order valence-corrected chi connectivity index (χ0v) is 15.1. The van der Waals surface area contributed by atoms with Gasteiger partial charge in [-0.25, -0.2) is 4.79 Å². The summed E-state index contributed by atoms with van der Waals surface area (Å²) >= 11 is 0. The van der Waals surface area contributed by atoms with Gasteiger partial charge in [0, 0.05) is 25.2 Å². The second kappa shape index (κ2) is 8.53. The van der Waals surface area contributed by atoms with E-state index < -0.39 is 5.63 Å². The molecule has 0 unspecified atom stereocenters. The van der Waals surface area contributed by atoms with Crippen molar-refractivity contribution in [1.29, 1.82) is 0 Å². The third-order valence-electron chi connectivity index (χ3n) is 3.92. The van der Waals surface area contributed by atoms with Gasteiger partial charge in [-0.3, -0.25) is 4.79 Å². The molecule has 7 heteroatoms. The number of benzene rings is 1. The molecule has 1 N–H and O–H groups in total. The number of hydrogen-bond acceptors (Lipinski definition) is 7. The van der Waals surface area contributed by atoms with E-state index in [2.05, 4.69) is 6.58 Å². The summed E-state index contributed by atoms with van der Waals surface area (Å²) in [4.78, 5) is 23.8. The van der Waals surface area contributed by atoms with Crippen molar-refractivity contribution in [3.63, 3.8) is 0 Å². The summed E-state index contributed by atoms with van der Waals surface area (Å²) < 4.78 is 21.3. The minimum Gasteiger partial charge on any atom is -0.507 e. The van der Waals surface area contributed by atoms with Gasteiger partial charge in [-0.2, -0.15) is 0 Å². The Morgan fingerprint density at radius 2 is 2.12 bits per heavy atom. The first-order valence-corrected chi connectivity index (χ1v) is 8.14. The van der Waals surface area contributed by atoms with Crippen LogP contribution in [-0.4, -0.2) is 38.3 Å². The second-order valence-electron chi connectivity index (χ2n) is 5.61. The maximum Gasteiger partial charge on any atom is 0.340 e. The number of hydrogen-bond donors (Lipinski definition) is 1. The van der Waals surface area contributed by atoms with Gasteiger partial charge in [0.2, 0.25) is 0 Å². The van der Waals surface area contributed by atoms with Crippen LogP contribution in [0, 0.1) is 6.92 Å². The molecule has 2 rings (SSSR count). The number of phenols is 1. The number of carbonyl (C=O) groups excluding carboxylic acids is 1. The summed E-state index contributed by atoms with van der Waals surface area (Å²) in [6.45, 7) is 8.33. The fourth-order valence-electron chi connectivity index (χ4n) is 2.68. The van der Waals surface area contributed by atoms with Gasteiger partial charge in [-0.1, -0.05) is 6.58 Å². The van der Waals surface area contributed by atoms with E-state index in [1.54, 1.807) is 6.92 Å². The van der Waals surface area contributed by atoms with Crippen LogP contribution in [0.3, 0.4) is 0 Å². The van der Waals surface area contributed by atoms with Crippen molar-refractivity contribution in [2.24, 2.45) is 0 Å². The maximum absolute atomic E-state index is 12.4. The zero-order valence-electron chi connectivity index (χ0n) is 15.1. The number of phenolic OH excluding ortho intramolecular Hbond substituents is 1. The van der Waals surface area contributed by atoms with Gasteiger partial charge < -0.3 is 23.7 Å². The van der Waals surface area contributed by atoms with Gasteiger partial charge in [0.05, 0.1) is 29.9 Å².